The van der Waals surface area contributed by atoms with Gasteiger partial charge >= 0.3 is 0 Å². The molecule has 0 aromatic heterocycles. The van der Waals surface area contributed by atoms with Crippen molar-refractivity contribution in [2.75, 3.05) is 33.2 Å². The number of nitriles is 1. The maximum atomic E-state index is 12.3. The number of hydrogen-bond donors (Lipinski definition) is 0. The molecule has 1 aliphatic heterocycles. The lowest BCUT2D eigenvalue weighted by molar-refractivity contribution is -0.132. The normalized spacial score (nSPS) is 17.6. The highest BCUT2D eigenvalue weighted by Gasteiger charge is 2.23. The molecular formula is C16H21N3O. The molecule has 4 heteroatoms. The van der Waals surface area contributed by atoms with Crippen molar-refractivity contribution in [3.8, 4) is 6.07 Å². The van der Waals surface area contributed by atoms with E-state index in [1.54, 1.807) is 0 Å². The van der Waals surface area contributed by atoms with E-state index < -0.39 is 0 Å². The zero-order valence-corrected chi connectivity index (χ0v) is 12.2. The highest BCUT2D eigenvalue weighted by molar-refractivity contribution is 5.77. The number of carbonyl (C=O) groups is 1. The number of carbonyl (C=O) groups excluding carboxylic acids is 1. The van der Waals surface area contributed by atoms with Gasteiger partial charge in [0.15, 0.2) is 0 Å². The SMILES string of the molecule is Cc1ccc(C(C#N)CC(=O)N2CCN(C)CC2)cc1. The highest BCUT2D eigenvalue weighted by atomic mass is 16.2. The van der Waals surface area contributed by atoms with Crippen LogP contribution >= 0.6 is 0 Å². The van der Waals surface area contributed by atoms with Gasteiger partial charge < -0.3 is 9.80 Å². The lowest BCUT2D eigenvalue weighted by atomic mass is 9.95. The van der Waals surface area contributed by atoms with Crippen LogP contribution in [0.3, 0.4) is 0 Å². The van der Waals surface area contributed by atoms with Crippen LogP contribution in [0.15, 0.2) is 24.3 Å². The lowest BCUT2D eigenvalue weighted by Gasteiger charge is -2.32. The number of benzene rings is 1. The first-order valence-corrected chi connectivity index (χ1v) is 7.02. The Labute approximate surface area is 120 Å². The smallest absolute Gasteiger partial charge is 0.224 e. The Balaban J connectivity index is 1.98. The summed E-state index contributed by atoms with van der Waals surface area (Å²) in [5.41, 5.74) is 2.09. The van der Waals surface area contributed by atoms with E-state index in [-0.39, 0.29) is 18.2 Å². The molecule has 0 aliphatic carbocycles. The molecule has 1 aromatic carbocycles. The van der Waals surface area contributed by atoms with Gasteiger partial charge in [0.1, 0.15) is 0 Å². The van der Waals surface area contributed by atoms with E-state index in [0.717, 1.165) is 37.3 Å². The van der Waals surface area contributed by atoms with E-state index >= 15 is 0 Å². The summed E-state index contributed by atoms with van der Waals surface area (Å²) in [4.78, 5) is 16.4. The fourth-order valence-corrected chi connectivity index (χ4v) is 2.40. The fourth-order valence-electron chi connectivity index (χ4n) is 2.40. The quantitative estimate of drug-likeness (QED) is 0.841. The molecule has 0 saturated carbocycles. The largest absolute Gasteiger partial charge is 0.340 e. The van der Waals surface area contributed by atoms with Crippen LogP contribution in [0.1, 0.15) is 23.5 Å². The molecule has 0 spiro atoms. The summed E-state index contributed by atoms with van der Waals surface area (Å²) in [7, 11) is 2.06. The Hall–Kier alpha value is -1.86. The first-order chi connectivity index (χ1) is 9.60. The predicted octanol–water partition coefficient (Wildman–Crippen LogP) is 1.77. The molecule has 1 amide bonds. The molecule has 1 unspecified atom stereocenters. The van der Waals surface area contributed by atoms with E-state index in [1.165, 1.54) is 0 Å². The number of hydrogen-bond acceptors (Lipinski definition) is 3. The van der Waals surface area contributed by atoms with Crippen LogP contribution in [-0.4, -0.2) is 48.9 Å². The summed E-state index contributed by atoms with van der Waals surface area (Å²) >= 11 is 0. The molecule has 1 heterocycles. The van der Waals surface area contributed by atoms with Crippen LogP contribution in [-0.2, 0) is 4.79 Å². The zero-order chi connectivity index (χ0) is 14.5. The molecule has 1 aromatic rings. The molecule has 106 valence electrons. The maximum absolute atomic E-state index is 12.3. The van der Waals surface area contributed by atoms with Crippen LogP contribution in [0.5, 0.6) is 0 Å². The molecular weight excluding hydrogens is 250 g/mol. The third kappa shape index (κ3) is 3.58. The second-order valence-electron chi connectivity index (χ2n) is 5.48. The highest BCUT2D eigenvalue weighted by Crippen LogP contribution is 2.20. The standard InChI is InChI=1S/C16H21N3O/c1-13-3-5-14(6-4-13)15(12-17)11-16(20)19-9-7-18(2)8-10-19/h3-6,15H,7-11H2,1-2H3. The van der Waals surface area contributed by atoms with Crippen molar-refractivity contribution >= 4 is 5.91 Å². The number of rotatable bonds is 3. The van der Waals surface area contributed by atoms with Gasteiger partial charge in [-0.3, -0.25) is 4.79 Å². The third-order valence-corrected chi connectivity index (χ3v) is 3.87. The Bertz CT molecular complexity index is 495. The van der Waals surface area contributed by atoms with Gasteiger partial charge in [-0.1, -0.05) is 29.8 Å². The van der Waals surface area contributed by atoms with Gasteiger partial charge in [-0.05, 0) is 19.5 Å². The summed E-state index contributed by atoms with van der Waals surface area (Å²) < 4.78 is 0. The molecule has 1 aliphatic rings. The van der Waals surface area contributed by atoms with Gasteiger partial charge in [0.25, 0.3) is 0 Å². The number of piperazine rings is 1. The third-order valence-electron chi connectivity index (χ3n) is 3.87. The Morgan fingerprint density at radius 3 is 2.40 bits per heavy atom. The Kier molecular flexibility index (Phi) is 4.75. The van der Waals surface area contributed by atoms with Gasteiger partial charge in [-0.2, -0.15) is 5.26 Å². The van der Waals surface area contributed by atoms with Crippen molar-refractivity contribution in [1.29, 1.82) is 5.26 Å². The van der Waals surface area contributed by atoms with Gasteiger partial charge in [0, 0.05) is 32.6 Å². The number of likely N-dealkylation sites (N-methyl/N-ethyl adjacent to an activating group) is 1. The lowest BCUT2D eigenvalue weighted by Crippen LogP contribution is -2.47. The molecule has 20 heavy (non-hydrogen) atoms. The van der Waals surface area contributed by atoms with Gasteiger partial charge in [0.2, 0.25) is 5.91 Å². The molecule has 0 bridgehead atoms. The second-order valence-corrected chi connectivity index (χ2v) is 5.48. The van der Waals surface area contributed by atoms with Crippen LogP contribution in [0.4, 0.5) is 0 Å². The van der Waals surface area contributed by atoms with Crippen molar-refractivity contribution in [3.63, 3.8) is 0 Å². The molecule has 0 radical (unpaired) electrons. The van der Waals surface area contributed by atoms with Gasteiger partial charge in [-0.15, -0.1) is 0 Å². The first-order valence-electron chi connectivity index (χ1n) is 7.02. The Morgan fingerprint density at radius 2 is 1.85 bits per heavy atom. The monoisotopic (exact) mass is 271 g/mol. The van der Waals surface area contributed by atoms with Crippen molar-refractivity contribution < 1.29 is 4.79 Å². The minimum absolute atomic E-state index is 0.0882. The second kappa shape index (κ2) is 6.53. The zero-order valence-electron chi connectivity index (χ0n) is 12.2. The van der Waals surface area contributed by atoms with Crippen LogP contribution in [0.2, 0.25) is 0 Å². The summed E-state index contributed by atoms with van der Waals surface area (Å²) in [5, 5.41) is 9.31. The maximum Gasteiger partial charge on any atom is 0.224 e. The van der Waals surface area contributed by atoms with Crippen LogP contribution < -0.4 is 0 Å². The number of amides is 1. The van der Waals surface area contributed by atoms with Gasteiger partial charge in [-0.25, -0.2) is 0 Å². The number of aryl methyl sites for hydroxylation is 1. The average Bonchev–Trinajstić information content (AvgIpc) is 2.46. The summed E-state index contributed by atoms with van der Waals surface area (Å²) in [6.07, 6.45) is 0.281. The molecule has 1 atom stereocenters. The molecule has 0 N–H and O–H groups in total. The minimum atomic E-state index is -0.345. The summed E-state index contributed by atoms with van der Waals surface area (Å²) in [5.74, 6) is -0.256. The average molecular weight is 271 g/mol. The van der Waals surface area contributed by atoms with E-state index in [9.17, 15) is 10.1 Å². The first kappa shape index (κ1) is 14.5. The number of nitrogens with zero attached hydrogens (tertiary/aromatic N) is 3. The van der Waals surface area contributed by atoms with Crippen LogP contribution in [0.25, 0.3) is 0 Å². The van der Waals surface area contributed by atoms with Crippen molar-refractivity contribution in [3.05, 3.63) is 35.4 Å². The van der Waals surface area contributed by atoms with Gasteiger partial charge in [0.05, 0.1) is 12.0 Å². The van der Waals surface area contributed by atoms with E-state index in [4.69, 9.17) is 0 Å². The van der Waals surface area contributed by atoms with Crippen molar-refractivity contribution in [1.82, 2.24) is 9.80 Å². The Morgan fingerprint density at radius 1 is 1.25 bits per heavy atom. The summed E-state index contributed by atoms with van der Waals surface area (Å²) in [6, 6.07) is 10.1. The minimum Gasteiger partial charge on any atom is -0.340 e. The fraction of sp³-hybridized carbons (Fsp3) is 0.500. The van der Waals surface area contributed by atoms with E-state index in [0.29, 0.717) is 0 Å². The summed E-state index contributed by atoms with van der Waals surface area (Å²) in [6.45, 7) is 5.37. The van der Waals surface area contributed by atoms with E-state index in [2.05, 4.69) is 18.0 Å². The van der Waals surface area contributed by atoms with Crippen molar-refractivity contribution in [2.24, 2.45) is 0 Å². The molecule has 4 nitrogen and oxygen atoms in total. The van der Waals surface area contributed by atoms with Crippen molar-refractivity contribution in [2.45, 2.75) is 19.3 Å². The molecule has 2 rings (SSSR count). The van der Waals surface area contributed by atoms with E-state index in [1.807, 2.05) is 36.1 Å². The topological polar surface area (TPSA) is 47.3 Å². The molecule has 1 saturated heterocycles. The molecule has 1 fully saturated rings. The van der Waals surface area contributed by atoms with Crippen LogP contribution in [0, 0.1) is 18.3 Å². The predicted molar refractivity (Wildman–Crippen MR) is 78.2 cm³/mol.